The highest BCUT2D eigenvalue weighted by molar-refractivity contribution is 6.13. The Morgan fingerprint density at radius 1 is 0.561 bits per heavy atom. The molecule has 0 radical (unpaired) electrons. The first-order valence-electron chi connectivity index (χ1n) is 14.1. The van der Waals surface area contributed by atoms with Gasteiger partial charge in [-0.1, -0.05) is 121 Å². The number of fused-ring (bicyclic) bond motifs is 5. The number of benzene rings is 6. The fourth-order valence-corrected chi connectivity index (χ4v) is 6.09. The minimum absolute atomic E-state index is 0.0534. The standard InChI is InChI=1S/C37H29N3O/c1-4-10-24(11-5-1)32-23-33(25-12-6-2-7-13-25)39-36(38-32)29-18-20-30-28(22-29)17-16-26-19-21-31-35(34(26)30)41-37(40-31)27-14-8-3-9-15-27/h1-23,32,36-40H. The van der Waals surface area contributed by atoms with Gasteiger partial charge in [0.25, 0.3) is 0 Å². The largest absolute Gasteiger partial charge is 0.464 e. The Morgan fingerprint density at radius 2 is 1.24 bits per heavy atom. The summed E-state index contributed by atoms with van der Waals surface area (Å²) in [6.45, 7) is 0. The minimum Gasteiger partial charge on any atom is -0.464 e. The lowest BCUT2D eigenvalue weighted by Gasteiger charge is -2.33. The Morgan fingerprint density at radius 3 is 2.02 bits per heavy atom. The minimum atomic E-state index is -0.194. The van der Waals surface area contributed by atoms with Crippen LogP contribution in [0.5, 0.6) is 5.75 Å². The van der Waals surface area contributed by atoms with Crippen molar-refractivity contribution in [1.29, 1.82) is 0 Å². The highest BCUT2D eigenvalue weighted by Crippen LogP contribution is 2.46. The second kappa shape index (κ2) is 9.84. The lowest BCUT2D eigenvalue weighted by atomic mass is 9.96. The van der Waals surface area contributed by atoms with Crippen LogP contribution in [0.2, 0.25) is 0 Å². The molecule has 3 atom stereocenters. The van der Waals surface area contributed by atoms with Gasteiger partial charge in [0.05, 0.1) is 11.7 Å². The molecule has 3 N–H and O–H groups in total. The van der Waals surface area contributed by atoms with Crippen LogP contribution in [0, 0.1) is 0 Å². The van der Waals surface area contributed by atoms with Crippen LogP contribution >= 0.6 is 0 Å². The molecule has 4 nitrogen and oxygen atoms in total. The zero-order valence-electron chi connectivity index (χ0n) is 22.4. The van der Waals surface area contributed by atoms with Crippen molar-refractivity contribution in [3.05, 3.63) is 162 Å². The molecule has 0 bridgehead atoms. The molecule has 0 saturated heterocycles. The molecule has 198 valence electrons. The molecule has 2 heterocycles. The van der Waals surface area contributed by atoms with E-state index in [1.54, 1.807) is 0 Å². The average Bonchev–Trinajstić information content (AvgIpc) is 3.50. The monoisotopic (exact) mass is 531 g/mol. The Labute approximate surface area is 239 Å². The van der Waals surface area contributed by atoms with Crippen LogP contribution in [-0.4, -0.2) is 0 Å². The summed E-state index contributed by atoms with van der Waals surface area (Å²) in [4.78, 5) is 0. The summed E-state index contributed by atoms with van der Waals surface area (Å²) < 4.78 is 6.54. The zero-order valence-corrected chi connectivity index (χ0v) is 22.4. The van der Waals surface area contributed by atoms with Gasteiger partial charge in [0.1, 0.15) is 6.17 Å². The summed E-state index contributed by atoms with van der Waals surface area (Å²) in [5.41, 5.74) is 6.89. The van der Waals surface area contributed by atoms with E-state index in [4.69, 9.17) is 4.74 Å². The molecule has 41 heavy (non-hydrogen) atoms. The van der Waals surface area contributed by atoms with Crippen LogP contribution in [0.4, 0.5) is 5.69 Å². The van der Waals surface area contributed by atoms with Gasteiger partial charge >= 0.3 is 0 Å². The van der Waals surface area contributed by atoms with Crippen molar-refractivity contribution < 1.29 is 4.74 Å². The Bertz CT molecular complexity index is 1900. The molecule has 6 aromatic carbocycles. The number of hydrogen-bond acceptors (Lipinski definition) is 4. The summed E-state index contributed by atoms with van der Waals surface area (Å²) >= 11 is 0. The van der Waals surface area contributed by atoms with Crippen molar-refractivity contribution in [2.24, 2.45) is 0 Å². The number of ether oxygens (including phenoxy) is 1. The lowest BCUT2D eigenvalue weighted by molar-refractivity contribution is 0.263. The number of nitrogens with one attached hydrogen (secondary N) is 3. The van der Waals surface area contributed by atoms with Crippen molar-refractivity contribution in [3.63, 3.8) is 0 Å². The Kier molecular flexibility index (Phi) is 5.71. The van der Waals surface area contributed by atoms with E-state index in [1.165, 1.54) is 32.8 Å². The summed E-state index contributed by atoms with van der Waals surface area (Å²) in [7, 11) is 0. The van der Waals surface area contributed by atoms with E-state index in [1.807, 2.05) is 18.2 Å². The van der Waals surface area contributed by atoms with Gasteiger partial charge in [-0.2, -0.15) is 0 Å². The second-order valence-electron chi connectivity index (χ2n) is 10.7. The molecule has 0 spiro atoms. The third kappa shape index (κ3) is 4.30. The van der Waals surface area contributed by atoms with Crippen LogP contribution in [0.25, 0.3) is 27.2 Å². The molecule has 0 amide bonds. The molecule has 2 aliphatic rings. The molecule has 0 aromatic heterocycles. The molecule has 8 rings (SSSR count). The Hall–Kier alpha value is -5.06. The van der Waals surface area contributed by atoms with E-state index < -0.39 is 0 Å². The first-order chi connectivity index (χ1) is 20.3. The molecule has 2 aliphatic heterocycles. The fourth-order valence-electron chi connectivity index (χ4n) is 6.09. The maximum atomic E-state index is 6.54. The molecule has 6 aromatic rings. The molecular formula is C37H29N3O. The lowest BCUT2D eigenvalue weighted by Crippen LogP contribution is -2.39. The van der Waals surface area contributed by atoms with Gasteiger partial charge < -0.3 is 15.4 Å². The molecular weight excluding hydrogens is 502 g/mol. The maximum Gasteiger partial charge on any atom is 0.196 e. The third-order valence-electron chi connectivity index (χ3n) is 8.16. The van der Waals surface area contributed by atoms with Crippen molar-refractivity contribution in [3.8, 4) is 5.75 Å². The number of rotatable bonds is 4. The van der Waals surface area contributed by atoms with Crippen molar-refractivity contribution >= 4 is 32.9 Å². The van der Waals surface area contributed by atoms with Gasteiger partial charge in [-0.3, -0.25) is 5.32 Å². The molecule has 0 saturated carbocycles. The number of hydrogen-bond donors (Lipinski definition) is 3. The van der Waals surface area contributed by atoms with Crippen LogP contribution < -0.4 is 20.7 Å². The van der Waals surface area contributed by atoms with Crippen LogP contribution in [0.15, 0.2) is 140 Å². The van der Waals surface area contributed by atoms with Crippen LogP contribution in [0.1, 0.15) is 40.7 Å². The second-order valence-corrected chi connectivity index (χ2v) is 10.7. The molecule has 0 fully saturated rings. The van der Waals surface area contributed by atoms with E-state index >= 15 is 0 Å². The third-order valence-corrected chi connectivity index (χ3v) is 8.16. The van der Waals surface area contributed by atoms with E-state index in [2.05, 4.69) is 137 Å². The van der Waals surface area contributed by atoms with Gasteiger partial charge in [-0.15, -0.1) is 0 Å². The van der Waals surface area contributed by atoms with Gasteiger partial charge in [0, 0.05) is 16.6 Å². The molecule has 3 unspecified atom stereocenters. The molecule has 0 aliphatic carbocycles. The van der Waals surface area contributed by atoms with E-state index in [9.17, 15) is 0 Å². The quantitative estimate of drug-likeness (QED) is 0.200. The first kappa shape index (κ1) is 23.8. The summed E-state index contributed by atoms with van der Waals surface area (Å²) in [6.07, 6.45) is 2.04. The van der Waals surface area contributed by atoms with Crippen molar-refractivity contribution in [1.82, 2.24) is 10.6 Å². The normalized spacial score (nSPS) is 19.6. The van der Waals surface area contributed by atoms with Gasteiger partial charge in [-0.25, -0.2) is 0 Å². The summed E-state index contributed by atoms with van der Waals surface area (Å²) in [5.74, 6) is 0.919. The van der Waals surface area contributed by atoms with E-state index in [0.29, 0.717) is 0 Å². The van der Waals surface area contributed by atoms with E-state index in [0.717, 1.165) is 28.1 Å². The highest BCUT2D eigenvalue weighted by atomic mass is 16.5. The zero-order chi connectivity index (χ0) is 27.2. The predicted molar refractivity (Wildman–Crippen MR) is 168 cm³/mol. The summed E-state index contributed by atoms with van der Waals surface area (Å²) in [5, 5.41) is 15.9. The highest BCUT2D eigenvalue weighted by Gasteiger charge is 2.27. The Balaban J connectivity index is 1.18. The average molecular weight is 532 g/mol. The van der Waals surface area contributed by atoms with Gasteiger partial charge in [-0.05, 0) is 51.1 Å². The first-order valence-corrected chi connectivity index (χ1v) is 14.1. The smallest absolute Gasteiger partial charge is 0.196 e. The summed E-state index contributed by atoms with van der Waals surface area (Å²) in [6, 6.07) is 47.1. The fraction of sp³-hybridized carbons (Fsp3) is 0.0811. The SMILES string of the molecule is C1=C(c2ccccc2)NC(c2ccc3c(ccc4ccc5c(c43)OC(c3ccccc3)N5)c2)NC1c1ccccc1. The van der Waals surface area contributed by atoms with Crippen molar-refractivity contribution in [2.75, 3.05) is 5.32 Å². The van der Waals surface area contributed by atoms with Crippen molar-refractivity contribution in [2.45, 2.75) is 18.4 Å². The number of anilines is 1. The van der Waals surface area contributed by atoms with Crippen LogP contribution in [0.3, 0.4) is 0 Å². The molecule has 4 heteroatoms. The van der Waals surface area contributed by atoms with Gasteiger partial charge in [0.15, 0.2) is 12.0 Å². The maximum absolute atomic E-state index is 6.54. The predicted octanol–water partition coefficient (Wildman–Crippen LogP) is 8.47. The van der Waals surface area contributed by atoms with Crippen LogP contribution in [-0.2, 0) is 0 Å². The topological polar surface area (TPSA) is 45.3 Å². The van der Waals surface area contributed by atoms with Gasteiger partial charge in [0.2, 0.25) is 0 Å². The van der Waals surface area contributed by atoms with E-state index in [-0.39, 0.29) is 18.4 Å².